The van der Waals surface area contributed by atoms with Crippen LogP contribution in [0.3, 0.4) is 0 Å². The fourth-order valence-electron chi connectivity index (χ4n) is 2.93. The standard InChI is InChI=1S/C18H15N3O7/c22-17(19-7-11-1-3-15-16(5-11)28-10-27-15)8-20-13-6-12(21(24)25)2-4-14(13)26-9-18(20)23/h1-6H,7-10H2,(H,19,22). The maximum Gasteiger partial charge on any atom is 0.271 e. The maximum absolute atomic E-state index is 12.4. The largest absolute Gasteiger partial charge is 0.482 e. The summed E-state index contributed by atoms with van der Waals surface area (Å²) in [7, 11) is 0. The SMILES string of the molecule is O=C(CN1C(=O)COc2ccc([N+](=O)[O-])cc21)NCc1ccc2c(c1)OCO2. The van der Waals surface area contributed by atoms with Gasteiger partial charge in [0, 0.05) is 18.7 Å². The van der Waals surface area contributed by atoms with Gasteiger partial charge in [-0.1, -0.05) is 6.07 Å². The quantitative estimate of drug-likeness (QED) is 0.609. The molecule has 0 aromatic heterocycles. The number of fused-ring (bicyclic) bond motifs is 2. The van der Waals surface area contributed by atoms with Gasteiger partial charge in [-0.2, -0.15) is 0 Å². The van der Waals surface area contributed by atoms with Crippen LogP contribution in [0.25, 0.3) is 0 Å². The highest BCUT2D eigenvalue weighted by Crippen LogP contribution is 2.35. The zero-order valence-electron chi connectivity index (χ0n) is 14.5. The van der Waals surface area contributed by atoms with Gasteiger partial charge in [-0.05, 0) is 23.8 Å². The summed E-state index contributed by atoms with van der Waals surface area (Å²) in [6.45, 7) is -0.118. The summed E-state index contributed by atoms with van der Waals surface area (Å²) in [6, 6.07) is 9.24. The molecule has 0 unspecified atom stereocenters. The molecule has 0 saturated heterocycles. The van der Waals surface area contributed by atoms with Gasteiger partial charge in [0.1, 0.15) is 12.3 Å². The lowest BCUT2D eigenvalue weighted by atomic mass is 10.2. The Labute approximate surface area is 158 Å². The molecule has 10 nitrogen and oxygen atoms in total. The third kappa shape index (κ3) is 3.39. The lowest BCUT2D eigenvalue weighted by molar-refractivity contribution is -0.384. The third-order valence-corrected chi connectivity index (χ3v) is 4.32. The number of nitro benzene ring substituents is 1. The van der Waals surface area contributed by atoms with Crippen molar-refractivity contribution in [1.82, 2.24) is 5.32 Å². The summed E-state index contributed by atoms with van der Waals surface area (Å²) in [5.41, 5.74) is 0.813. The van der Waals surface area contributed by atoms with Gasteiger partial charge in [0.2, 0.25) is 12.7 Å². The van der Waals surface area contributed by atoms with Crippen molar-refractivity contribution in [1.29, 1.82) is 0 Å². The van der Waals surface area contributed by atoms with Gasteiger partial charge in [0.25, 0.3) is 11.6 Å². The number of hydrogen-bond acceptors (Lipinski definition) is 7. The molecule has 2 heterocycles. The Kier molecular flexibility index (Phi) is 4.44. The molecule has 10 heteroatoms. The van der Waals surface area contributed by atoms with E-state index in [2.05, 4.69) is 5.32 Å². The Balaban J connectivity index is 1.45. The number of nitrogens with zero attached hydrogens (tertiary/aromatic N) is 2. The van der Waals surface area contributed by atoms with Crippen LogP contribution in [0.4, 0.5) is 11.4 Å². The van der Waals surface area contributed by atoms with Crippen LogP contribution in [0.1, 0.15) is 5.56 Å². The van der Waals surface area contributed by atoms with E-state index in [4.69, 9.17) is 14.2 Å². The summed E-state index contributed by atoms with van der Waals surface area (Å²) in [5, 5.41) is 13.7. The Morgan fingerprint density at radius 1 is 1.11 bits per heavy atom. The number of carbonyl (C=O) groups excluding carboxylic acids is 2. The van der Waals surface area contributed by atoms with Gasteiger partial charge in [-0.15, -0.1) is 0 Å². The number of anilines is 1. The molecule has 0 atom stereocenters. The fourth-order valence-corrected chi connectivity index (χ4v) is 2.93. The molecule has 28 heavy (non-hydrogen) atoms. The molecule has 0 bridgehead atoms. The predicted octanol–water partition coefficient (Wildman–Crippen LogP) is 1.37. The van der Waals surface area contributed by atoms with E-state index < -0.39 is 16.7 Å². The molecular formula is C18H15N3O7. The van der Waals surface area contributed by atoms with Gasteiger partial charge in [0.05, 0.1) is 10.6 Å². The highest BCUT2D eigenvalue weighted by molar-refractivity contribution is 6.02. The summed E-state index contributed by atoms with van der Waals surface area (Å²) in [5.74, 6) is 0.703. The second kappa shape index (κ2) is 7.06. The minimum absolute atomic E-state index is 0.163. The fraction of sp³-hybridized carbons (Fsp3) is 0.222. The number of nitro groups is 1. The first-order valence-corrected chi connectivity index (χ1v) is 8.38. The topological polar surface area (TPSA) is 120 Å². The van der Waals surface area contributed by atoms with Crippen LogP contribution >= 0.6 is 0 Å². The Hall–Kier alpha value is -3.82. The van der Waals surface area contributed by atoms with Crippen molar-refractivity contribution in [3.63, 3.8) is 0 Å². The highest BCUT2D eigenvalue weighted by atomic mass is 16.7. The molecule has 1 N–H and O–H groups in total. The van der Waals surface area contributed by atoms with Crippen LogP contribution in [0, 0.1) is 10.1 Å². The van der Waals surface area contributed by atoms with E-state index in [1.165, 1.54) is 23.1 Å². The van der Waals surface area contributed by atoms with Crippen LogP contribution in [-0.4, -0.2) is 36.7 Å². The summed E-state index contributed by atoms with van der Waals surface area (Å²) < 4.78 is 15.8. The van der Waals surface area contributed by atoms with E-state index in [1.54, 1.807) is 18.2 Å². The predicted molar refractivity (Wildman–Crippen MR) is 95.4 cm³/mol. The molecule has 0 fully saturated rings. The molecule has 0 spiro atoms. The van der Waals surface area contributed by atoms with E-state index >= 15 is 0 Å². The van der Waals surface area contributed by atoms with E-state index in [-0.39, 0.29) is 37.9 Å². The zero-order valence-corrected chi connectivity index (χ0v) is 14.5. The number of rotatable bonds is 5. The molecule has 0 saturated carbocycles. The second-order valence-electron chi connectivity index (χ2n) is 6.14. The Bertz CT molecular complexity index is 976. The molecular weight excluding hydrogens is 370 g/mol. The number of benzene rings is 2. The Morgan fingerprint density at radius 2 is 1.89 bits per heavy atom. The smallest absolute Gasteiger partial charge is 0.271 e. The molecule has 0 aliphatic carbocycles. The van der Waals surface area contributed by atoms with Gasteiger partial charge in [0.15, 0.2) is 18.1 Å². The number of ether oxygens (including phenoxy) is 3. The number of carbonyl (C=O) groups is 2. The van der Waals surface area contributed by atoms with Crippen molar-refractivity contribution < 1.29 is 28.7 Å². The van der Waals surface area contributed by atoms with Crippen LogP contribution in [-0.2, 0) is 16.1 Å². The normalized spacial score (nSPS) is 14.3. The van der Waals surface area contributed by atoms with E-state index in [0.717, 1.165) is 5.56 Å². The first-order valence-electron chi connectivity index (χ1n) is 8.38. The number of amides is 2. The van der Waals surface area contributed by atoms with E-state index in [0.29, 0.717) is 17.2 Å². The van der Waals surface area contributed by atoms with Gasteiger partial charge >= 0.3 is 0 Å². The van der Waals surface area contributed by atoms with Gasteiger partial charge in [-0.3, -0.25) is 24.6 Å². The number of hydrogen-bond donors (Lipinski definition) is 1. The maximum atomic E-state index is 12.4. The second-order valence-corrected chi connectivity index (χ2v) is 6.14. The van der Waals surface area contributed by atoms with Crippen molar-refractivity contribution in [3.8, 4) is 17.2 Å². The summed E-state index contributed by atoms with van der Waals surface area (Å²) in [4.78, 5) is 36.2. The number of nitrogens with one attached hydrogen (secondary N) is 1. The van der Waals surface area contributed by atoms with Crippen molar-refractivity contribution in [2.45, 2.75) is 6.54 Å². The molecule has 4 rings (SSSR count). The Morgan fingerprint density at radius 3 is 2.71 bits per heavy atom. The minimum Gasteiger partial charge on any atom is -0.482 e. The molecule has 2 aliphatic rings. The average molecular weight is 385 g/mol. The summed E-state index contributed by atoms with van der Waals surface area (Å²) >= 11 is 0. The van der Waals surface area contributed by atoms with Crippen LogP contribution < -0.4 is 24.4 Å². The van der Waals surface area contributed by atoms with Crippen molar-refractivity contribution in [2.75, 3.05) is 24.8 Å². The van der Waals surface area contributed by atoms with Gasteiger partial charge < -0.3 is 19.5 Å². The molecule has 2 aliphatic heterocycles. The lowest BCUT2D eigenvalue weighted by Crippen LogP contribution is -2.45. The molecule has 144 valence electrons. The highest BCUT2D eigenvalue weighted by Gasteiger charge is 2.29. The molecule has 2 amide bonds. The molecule has 2 aromatic rings. The van der Waals surface area contributed by atoms with Crippen molar-refractivity contribution >= 4 is 23.2 Å². The lowest BCUT2D eigenvalue weighted by Gasteiger charge is -2.28. The van der Waals surface area contributed by atoms with E-state index in [1.807, 2.05) is 0 Å². The first-order chi connectivity index (χ1) is 13.5. The average Bonchev–Trinajstić information content (AvgIpc) is 3.16. The molecule has 0 radical (unpaired) electrons. The van der Waals surface area contributed by atoms with Crippen LogP contribution in [0.2, 0.25) is 0 Å². The monoisotopic (exact) mass is 385 g/mol. The van der Waals surface area contributed by atoms with Gasteiger partial charge in [-0.25, -0.2) is 0 Å². The van der Waals surface area contributed by atoms with Crippen molar-refractivity contribution in [2.24, 2.45) is 0 Å². The summed E-state index contributed by atoms with van der Waals surface area (Å²) in [6.07, 6.45) is 0. The van der Waals surface area contributed by atoms with Crippen LogP contribution in [0.5, 0.6) is 17.2 Å². The third-order valence-electron chi connectivity index (χ3n) is 4.32. The van der Waals surface area contributed by atoms with Crippen molar-refractivity contribution in [3.05, 3.63) is 52.1 Å². The zero-order chi connectivity index (χ0) is 19.7. The number of non-ortho nitro benzene ring substituents is 1. The minimum atomic E-state index is -0.572. The van der Waals surface area contributed by atoms with Crippen LogP contribution in [0.15, 0.2) is 36.4 Å². The van der Waals surface area contributed by atoms with E-state index in [9.17, 15) is 19.7 Å². The first kappa shape index (κ1) is 17.6. The molecule has 2 aromatic carbocycles.